The molecule has 0 unspecified atom stereocenters. The summed E-state index contributed by atoms with van der Waals surface area (Å²) in [6.45, 7) is 0.866. The predicted octanol–water partition coefficient (Wildman–Crippen LogP) is 3.92. The number of carbonyl (C=O) groups excluding carboxylic acids is 1. The molecular formula is C17H16F3N3O. The Labute approximate surface area is 137 Å². The van der Waals surface area contributed by atoms with Crippen LogP contribution in [0.5, 0.6) is 0 Å². The normalized spacial score (nSPS) is 15.3. The van der Waals surface area contributed by atoms with Crippen molar-refractivity contribution in [3.8, 4) is 0 Å². The second-order valence-electron chi connectivity index (χ2n) is 5.69. The van der Waals surface area contributed by atoms with Crippen LogP contribution < -0.4 is 0 Å². The van der Waals surface area contributed by atoms with Crippen LogP contribution in [0.15, 0.2) is 30.6 Å². The lowest BCUT2D eigenvalue weighted by atomic mass is 10.1. The predicted molar refractivity (Wildman–Crippen MR) is 82.4 cm³/mol. The number of carbonyl (C=O) groups is 1. The molecule has 0 atom stereocenters. The van der Waals surface area contributed by atoms with Crippen molar-refractivity contribution in [2.75, 3.05) is 0 Å². The number of imidazole rings is 1. The number of alkyl halides is 3. The fourth-order valence-corrected chi connectivity index (χ4v) is 2.71. The molecule has 0 amide bonds. The molecule has 3 rings (SSSR count). The molecule has 0 fully saturated rings. The van der Waals surface area contributed by atoms with E-state index in [1.165, 1.54) is 6.08 Å². The number of rotatable bonds is 3. The van der Waals surface area contributed by atoms with Crippen LogP contribution in [-0.4, -0.2) is 20.3 Å². The van der Waals surface area contributed by atoms with Crippen LogP contribution >= 0.6 is 0 Å². The van der Waals surface area contributed by atoms with E-state index in [1.807, 2.05) is 0 Å². The van der Waals surface area contributed by atoms with Crippen molar-refractivity contribution >= 4 is 11.9 Å². The number of aryl methyl sites for hydroxylation is 1. The van der Waals surface area contributed by atoms with E-state index in [2.05, 4.69) is 14.5 Å². The zero-order chi connectivity index (χ0) is 17.2. The number of nitrogens with zero attached hydrogens (tertiary/aromatic N) is 3. The average molecular weight is 335 g/mol. The second kappa shape index (κ2) is 6.59. The Hall–Kier alpha value is -2.44. The standard InChI is InChI=1S/C17H16F3N3O/c18-17(19,20)15-8-5-12(10-21-15)14(24)7-6-13-11-22-16-4-2-1-3-9-23(13)16/h5-8,10-11H,1-4,9H2/b7-6+. The van der Waals surface area contributed by atoms with Crippen LogP contribution in [0.25, 0.3) is 6.08 Å². The van der Waals surface area contributed by atoms with Gasteiger partial charge in [0.05, 0.1) is 11.9 Å². The summed E-state index contributed by atoms with van der Waals surface area (Å²) in [7, 11) is 0. The van der Waals surface area contributed by atoms with Crippen molar-refractivity contribution in [3.05, 3.63) is 53.4 Å². The first-order valence-electron chi connectivity index (χ1n) is 7.75. The van der Waals surface area contributed by atoms with Crippen LogP contribution in [0.1, 0.15) is 46.8 Å². The highest BCUT2D eigenvalue weighted by molar-refractivity contribution is 6.06. The zero-order valence-electron chi connectivity index (χ0n) is 12.9. The number of allylic oxidation sites excluding steroid dienone is 1. The number of halogens is 3. The van der Waals surface area contributed by atoms with Crippen LogP contribution in [0, 0.1) is 0 Å². The fourth-order valence-electron chi connectivity index (χ4n) is 2.71. The lowest BCUT2D eigenvalue weighted by Crippen LogP contribution is -2.08. The molecule has 7 heteroatoms. The number of aromatic nitrogens is 3. The molecule has 0 aliphatic carbocycles. The van der Waals surface area contributed by atoms with Crippen molar-refractivity contribution in [1.29, 1.82) is 0 Å². The van der Waals surface area contributed by atoms with Gasteiger partial charge in [0.25, 0.3) is 0 Å². The highest BCUT2D eigenvalue weighted by Crippen LogP contribution is 2.27. The number of hydrogen-bond acceptors (Lipinski definition) is 3. The smallest absolute Gasteiger partial charge is 0.329 e. The monoisotopic (exact) mass is 335 g/mol. The molecule has 3 heterocycles. The van der Waals surface area contributed by atoms with Crippen LogP contribution in [-0.2, 0) is 19.1 Å². The third kappa shape index (κ3) is 3.55. The Morgan fingerprint density at radius 2 is 1.96 bits per heavy atom. The molecule has 0 saturated heterocycles. The summed E-state index contributed by atoms with van der Waals surface area (Å²) >= 11 is 0. The van der Waals surface area contributed by atoms with Gasteiger partial charge in [-0.1, -0.05) is 6.42 Å². The minimum absolute atomic E-state index is 0.120. The van der Waals surface area contributed by atoms with Gasteiger partial charge in [0.1, 0.15) is 11.5 Å². The maximum absolute atomic E-state index is 12.5. The van der Waals surface area contributed by atoms with E-state index >= 15 is 0 Å². The topological polar surface area (TPSA) is 47.8 Å². The summed E-state index contributed by atoms with van der Waals surface area (Å²) in [6.07, 6.45) is 5.42. The zero-order valence-corrected chi connectivity index (χ0v) is 12.9. The molecule has 0 aromatic carbocycles. The molecule has 0 N–H and O–H groups in total. The van der Waals surface area contributed by atoms with E-state index in [0.717, 1.165) is 62.1 Å². The van der Waals surface area contributed by atoms with Crippen molar-refractivity contribution in [2.24, 2.45) is 0 Å². The van der Waals surface area contributed by atoms with Crippen molar-refractivity contribution < 1.29 is 18.0 Å². The Kier molecular flexibility index (Phi) is 4.51. The Bertz CT molecular complexity index is 760. The maximum atomic E-state index is 12.5. The van der Waals surface area contributed by atoms with Gasteiger partial charge in [0.2, 0.25) is 0 Å². The molecule has 0 radical (unpaired) electrons. The Morgan fingerprint density at radius 3 is 2.67 bits per heavy atom. The molecule has 126 valence electrons. The summed E-state index contributed by atoms with van der Waals surface area (Å²) in [5.41, 5.74) is -0.0564. The molecule has 0 bridgehead atoms. The van der Waals surface area contributed by atoms with Gasteiger partial charge in [-0.25, -0.2) is 4.98 Å². The molecule has 0 spiro atoms. The molecule has 24 heavy (non-hydrogen) atoms. The number of pyridine rings is 1. The minimum atomic E-state index is -4.51. The van der Waals surface area contributed by atoms with E-state index in [0.29, 0.717) is 0 Å². The van der Waals surface area contributed by atoms with Gasteiger partial charge >= 0.3 is 6.18 Å². The number of fused-ring (bicyclic) bond motifs is 1. The first kappa shape index (κ1) is 16.4. The average Bonchev–Trinajstić information content (AvgIpc) is 2.78. The summed E-state index contributed by atoms with van der Waals surface area (Å²) < 4.78 is 39.5. The highest BCUT2D eigenvalue weighted by atomic mass is 19.4. The summed E-state index contributed by atoms with van der Waals surface area (Å²) in [5, 5.41) is 0. The SMILES string of the molecule is O=C(/C=C/c1cnc2n1CCCCC2)c1ccc(C(F)(F)F)nc1. The highest BCUT2D eigenvalue weighted by Gasteiger charge is 2.32. The van der Waals surface area contributed by atoms with Crippen molar-refractivity contribution in [3.63, 3.8) is 0 Å². The first-order valence-corrected chi connectivity index (χ1v) is 7.75. The molecule has 4 nitrogen and oxygen atoms in total. The van der Waals surface area contributed by atoms with E-state index in [4.69, 9.17) is 0 Å². The molecule has 1 aliphatic heterocycles. The summed E-state index contributed by atoms with van der Waals surface area (Å²) in [4.78, 5) is 19.8. The fraction of sp³-hybridized carbons (Fsp3) is 0.353. The largest absolute Gasteiger partial charge is 0.433 e. The van der Waals surface area contributed by atoms with Gasteiger partial charge in [-0.3, -0.25) is 9.78 Å². The van der Waals surface area contributed by atoms with E-state index in [1.54, 1.807) is 12.3 Å². The van der Waals surface area contributed by atoms with Gasteiger partial charge < -0.3 is 4.57 Å². The van der Waals surface area contributed by atoms with Crippen LogP contribution in [0.3, 0.4) is 0 Å². The van der Waals surface area contributed by atoms with E-state index in [-0.39, 0.29) is 11.3 Å². The van der Waals surface area contributed by atoms with E-state index < -0.39 is 11.9 Å². The molecule has 2 aromatic rings. The Morgan fingerprint density at radius 1 is 1.12 bits per heavy atom. The Balaban J connectivity index is 1.75. The first-order chi connectivity index (χ1) is 11.4. The molecule has 0 saturated carbocycles. The van der Waals surface area contributed by atoms with Crippen LogP contribution in [0.4, 0.5) is 13.2 Å². The van der Waals surface area contributed by atoms with Gasteiger partial charge in [0, 0.05) is 24.7 Å². The quantitative estimate of drug-likeness (QED) is 0.631. The number of hydrogen-bond donors (Lipinski definition) is 0. The molecule has 2 aromatic heterocycles. The summed E-state index contributed by atoms with van der Waals surface area (Å²) in [5.74, 6) is 0.621. The van der Waals surface area contributed by atoms with Crippen LogP contribution in [0.2, 0.25) is 0 Å². The van der Waals surface area contributed by atoms with Gasteiger partial charge in [-0.05, 0) is 37.1 Å². The van der Waals surface area contributed by atoms with Gasteiger partial charge in [-0.2, -0.15) is 13.2 Å². The lowest BCUT2D eigenvalue weighted by Gasteiger charge is -2.06. The van der Waals surface area contributed by atoms with Gasteiger partial charge in [0.15, 0.2) is 5.78 Å². The van der Waals surface area contributed by atoms with E-state index in [9.17, 15) is 18.0 Å². The second-order valence-corrected chi connectivity index (χ2v) is 5.69. The summed E-state index contributed by atoms with van der Waals surface area (Å²) in [6, 6.07) is 1.95. The molecular weight excluding hydrogens is 319 g/mol. The lowest BCUT2D eigenvalue weighted by molar-refractivity contribution is -0.141. The van der Waals surface area contributed by atoms with Crippen molar-refractivity contribution in [2.45, 2.75) is 38.4 Å². The minimum Gasteiger partial charge on any atom is -0.329 e. The van der Waals surface area contributed by atoms with Gasteiger partial charge in [-0.15, -0.1) is 0 Å². The molecule has 1 aliphatic rings. The van der Waals surface area contributed by atoms with Crippen molar-refractivity contribution in [1.82, 2.24) is 14.5 Å². The maximum Gasteiger partial charge on any atom is 0.433 e. The third-order valence-electron chi connectivity index (χ3n) is 4.00. The number of ketones is 1. The third-order valence-corrected chi connectivity index (χ3v) is 4.00.